The molecule has 0 radical (unpaired) electrons. The van der Waals surface area contributed by atoms with E-state index in [1.165, 1.54) is 4.90 Å². The SMILES string of the molecule is CCCS(=O)(=O)c1c(N)nsc1NC(C)C(=O)N(C)C. The third kappa shape index (κ3) is 3.60. The number of carbonyl (C=O) groups excluding carboxylic acids is 1. The number of anilines is 2. The van der Waals surface area contributed by atoms with Crippen LogP contribution >= 0.6 is 11.5 Å². The van der Waals surface area contributed by atoms with Crippen molar-refractivity contribution < 1.29 is 13.2 Å². The van der Waals surface area contributed by atoms with Crippen molar-refractivity contribution in [3.63, 3.8) is 0 Å². The lowest BCUT2D eigenvalue weighted by molar-refractivity contribution is -0.129. The molecule has 0 aliphatic heterocycles. The normalized spacial score (nSPS) is 13.0. The fourth-order valence-electron chi connectivity index (χ4n) is 1.70. The van der Waals surface area contributed by atoms with E-state index >= 15 is 0 Å². The van der Waals surface area contributed by atoms with Gasteiger partial charge in [-0.15, -0.1) is 0 Å². The molecular weight excluding hydrogens is 300 g/mol. The van der Waals surface area contributed by atoms with E-state index in [1.54, 1.807) is 27.9 Å². The van der Waals surface area contributed by atoms with E-state index in [0.29, 0.717) is 11.4 Å². The van der Waals surface area contributed by atoms with Crippen LogP contribution in [0.1, 0.15) is 20.3 Å². The largest absolute Gasteiger partial charge is 0.382 e. The van der Waals surface area contributed by atoms with Crippen molar-refractivity contribution in [2.75, 3.05) is 30.9 Å². The van der Waals surface area contributed by atoms with Crippen LogP contribution in [0.3, 0.4) is 0 Å². The fraction of sp³-hybridized carbons (Fsp3) is 0.636. The number of rotatable bonds is 6. The Hall–Kier alpha value is -1.35. The number of sulfone groups is 1. The Balaban J connectivity index is 3.08. The molecule has 20 heavy (non-hydrogen) atoms. The smallest absolute Gasteiger partial charge is 0.244 e. The summed E-state index contributed by atoms with van der Waals surface area (Å²) in [6.45, 7) is 3.44. The Morgan fingerprint density at radius 3 is 2.60 bits per heavy atom. The molecule has 0 saturated heterocycles. The van der Waals surface area contributed by atoms with Crippen LogP contribution in [0.15, 0.2) is 4.90 Å². The summed E-state index contributed by atoms with van der Waals surface area (Å²) in [5, 5.41) is 3.20. The highest BCUT2D eigenvalue weighted by Crippen LogP contribution is 2.33. The molecule has 0 aromatic carbocycles. The van der Waals surface area contributed by atoms with E-state index in [0.717, 1.165) is 11.5 Å². The standard InChI is InChI=1S/C11H20N4O3S2/c1-5-6-20(17,18)8-9(12)14-19-10(8)13-7(2)11(16)15(3)4/h7,13H,5-6H2,1-4H3,(H2,12,14). The fourth-order valence-corrected chi connectivity index (χ4v) is 4.40. The van der Waals surface area contributed by atoms with Crippen molar-refractivity contribution >= 4 is 38.1 Å². The molecule has 114 valence electrons. The molecule has 0 saturated carbocycles. The summed E-state index contributed by atoms with van der Waals surface area (Å²) >= 11 is 0.950. The monoisotopic (exact) mass is 320 g/mol. The first-order chi connectivity index (χ1) is 9.20. The molecular formula is C11H20N4O3S2. The van der Waals surface area contributed by atoms with Crippen LogP contribution < -0.4 is 11.1 Å². The predicted molar refractivity (Wildman–Crippen MR) is 80.6 cm³/mol. The molecule has 0 bridgehead atoms. The van der Waals surface area contributed by atoms with Crippen LogP contribution in [0.4, 0.5) is 10.8 Å². The second kappa shape index (κ2) is 6.40. The Bertz CT molecular complexity index is 580. The van der Waals surface area contributed by atoms with E-state index in [2.05, 4.69) is 9.69 Å². The lowest BCUT2D eigenvalue weighted by Gasteiger charge is -2.18. The summed E-state index contributed by atoms with van der Waals surface area (Å²) in [5.74, 6) is -0.174. The zero-order valence-electron chi connectivity index (χ0n) is 12.0. The molecule has 0 aliphatic carbocycles. The van der Waals surface area contributed by atoms with Crippen LogP contribution in [0, 0.1) is 0 Å². The van der Waals surface area contributed by atoms with Gasteiger partial charge in [-0.3, -0.25) is 4.79 Å². The van der Waals surface area contributed by atoms with Gasteiger partial charge >= 0.3 is 0 Å². The first-order valence-electron chi connectivity index (χ1n) is 6.16. The minimum Gasteiger partial charge on any atom is -0.382 e. The molecule has 1 aromatic rings. The topological polar surface area (TPSA) is 105 Å². The van der Waals surface area contributed by atoms with E-state index in [1.807, 2.05) is 0 Å². The molecule has 3 N–H and O–H groups in total. The molecule has 1 amide bonds. The van der Waals surface area contributed by atoms with E-state index in [-0.39, 0.29) is 22.4 Å². The van der Waals surface area contributed by atoms with Crippen LogP contribution in [0.5, 0.6) is 0 Å². The molecule has 1 rings (SSSR count). The van der Waals surface area contributed by atoms with Gasteiger partial charge in [-0.1, -0.05) is 6.92 Å². The third-order valence-electron chi connectivity index (χ3n) is 2.62. The zero-order valence-corrected chi connectivity index (χ0v) is 13.6. The van der Waals surface area contributed by atoms with Gasteiger partial charge in [0.15, 0.2) is 15.7 Å². The number of nitrogen functional groups attached to an aromatic ring is 1. The number of hydrogen-bond acceptors (Lipinski definition) is 7. The maximum absolute atomic E-state index is 12.2. The molecule has 1 heterocycles. The van der Waals surface area contributed by atoms with Crippen molar-refractivity contribution in [3.05, 3.63) is 0 Å². The summed E-state index contributed by atoms with van der Waals surface area (Å²) in [6, 6.07) is -0.555. The van der Waals surface area contributed by atoms with Crippen molar-refractivity contribution in [1.82, 2.24) is 9.27 Å². The molecule has 7 nitrogen and oxygen atoms in total. The van der Waals surface area contributed by atoms with Crippen molar-refractivity contribution in [2.45, 2.75) is 31.2 Å². The summed E-state index contributed by atoms with van der Waals surface area (Å²) in [6.07, 6.45) is 0.489. The lowest BCUT2D eigenvalue weighted by atomic mass is 10.3. The Morgan fingerprint density at radius 2 is 2.10 bits per heavy atom. The molecule has 1 atom stereocenters. The number of nitrogens with two attached hydrogens (primary N) is 1. The van der Waals surface area contributed by atoms with Crippen molar-refractivity contribution in [3.8, 4) is 0 Å². The molecule has 1 aromatic heterocycles. The second-order valence-electron chi connectivity index (χ2n) is 4.64. The second-order valence-corrected chi connectivity index (χ2v) is 7.46. The first-order valence-corrected chi connectivity index (χ1v) is 8.58. The average Bonchev–Trinajstić information content (AvgIpc) is 2.69. The molecule has 0 spiro atoms. The molecule has 1 unspecified atom stereocenters. The Morgan fingerprint density at radius 1 is 1.50 bits per heavy atom. The van der Waals surface area contributed by atoms with Gasteiger partial charge in [0.1, 0.15) is 15.9 Å². The van der Waals surface area contributed by atoms with E-state index in [4.69, 9.17) is 5.73 Å². The van der Waals surface area contributed by atoms with Gasteiger partial charge in [0, 0.05) is 14.1 Å². The molecule has 0 aliphatic rings. The van der Waals surface area contributed by atoms with Gasteiger partial charge in [0.05, 0.1) is 5.75 Å². The van der Waals surface area contributed by atoms with Crippen LogP contribution in [0.25, 0.3) is 0 Å². The summed E-state index contributed by atoms with van der Waals surface area (Å²) in [7, 11) is -0.214. The Labute approximate surface area is 123 Å². The van der Waals surface area contributed by atoms with Crippen LogP contribution in [-0.2, 0) is 14.6 Å². The quantitative estimate of drug-likeness (QED) is 0.803. The van der Waals surface area contributed by atoms with Gasteiger partial charge in [-0.05, 0) is 24.9 Å². The predicted octanol–water partition coefficient (Wildman–Crippen LogP) is 0.798. The zero-order chi connectivity index (χ0) is 15.5. The number of amides is 1. The van der Waals surface area contributed by atoms with Gasteiger partial charge in [0.2, 0.25) is 5.91 Å². The average molecular weight is 320 g/mol. The Kier molecular flexibility index (Phi) is 5.35. The van der Waals surface area contributed by atoms with Gasteiger partial charge < -0.3 is 16.0 Å². The maximum atomic E-state index is 12.2. The van der Waals surface area contributed by atoms with Gasteiger partial charge in [-0.25, -0.2) is 8.42 Å². The number of aromatic nitrogens is 1. The highest BCUT2D eigenvalue weighted by atomic mass is 32.2. The number of likely N-dealkylation sites (N-methyl/N-ethyl adjacent to an activating group) is 1. The van der Waals surface area contributed by atoms with Crippen LogP contribution in [0.2, 0.25) is 0 Å². The van der Waals surface area contributed by atoms with Gasteiger partial charge in [-0.2, -0.15) is 4.37 Å². The van der Waals surface area contributed by atoms with E-state index in [9.17, 15) is 13.2 Å². The number of nitrogens with zero attached hydrogens (tertiary/aromatic N) is 2. The number of nitrogens with one attached hydrogen (secondary N) is 1. The van der Waals surface area contributed by atoms with Crippen molar-refractivity contribution in [2.24, 2.45) is 0 Å². The van der Waals surface area contributed by atoms with Gasteiger partial charge in [0.25, 0.3) is 0 Å². The van der Waals surface area contributed by atoms with Crippen LogP contribution in [-0.4, -0.2) is 49.5 Å². The van der Waals surface area contributed by atoms with E-state index < -0.39 is 15.9 Å². The lowest BCUT2D eigenvalue weighted by Crippen LogP contribution is -2.36. The minimum atomic E-state index is -3.48. The highest BCUT2D eigenvalue weighted by Gasteiger charge is 2.27. The maximum Gasteiger partial charge on any atom is 0.244 e. The number of carbonyl (C=O) groups is 1. The third-order valence-corrected chi connectivity index (χ3v) is 5.52. The summed E-state index contributed by atoms with van der Waals surface area (Å²) < 4.78 is 28.2. The summed E-state index contributed by atoms with van der Waals surface area (Å²) in [5.41, 5.74) is 5.65. The highest BCUT2D eigenvalue weighted by molar-refractivity contribution is 7.91. The van der Waals surface area contributed by atoms with Crippen molar-refractivity contribution in [1.29, 1.82) is 0 Å². The minimum absolute atomic E-state index is 0.000299. The molecule has 9 heteroatoms. The first kappa shape index (κ1) is 16.7. The summed E-state index contributed by atoms with van der Waals surface area (Å²) in [4.78, 5) is 13.2. The molecule has 0 fully saturated rings. The number of hydrogen-bond donors (Lipinski definition) is 2.